The van der Waals surface area contributed by atoms with Crippen LogP contribution >= 0.6 is 0 Å². The number of carbonyl (C=O) groups is 1. The topological polar surface area (TPSA) is 49.3 Å². The van der Waals surface area contributed by atoms with E-state index in [9.17, 15) is 9.90 Å². The fourth-order valence-electron chi connectivity index (χ4n) is 6.94. The van der Waals surface area contributed by atoms with Crippen molar-refractivity contribution in [2.45, 2.75) is 270 Å². The Morgan fingerprint density at radius 2 is 0.652 bits per heavy atom. The van der Waals surface area contributed by atoms with E-state index in [1.54, 1.807) is 0 Å². The van der Waals surface area contributed by atoms with E-state index in [1.165, 1.54) is 205 Å². The van der Waals surface area contributed by atoms with E-state index in [0.29, 0.717) is 6.42 Å². The average molecular weight is 650 g/mol. The second kappa shape index (κ2) is 38.9. The Labute approximate surface area is 291 Å². The van der Waals surface area contributed by atoms with E-state index >= 15 is 0 Å². The molecule has 0 saturated carbocycles. The molecule has 0 spiro atoms. The summed E-state index contributed by atoms with van der Waals surface area (Å²) in [7, 11) is 0. The lowest BCUT2D eigenvalue weighted by Crippen LogP contribution is -2.41. The van der Waals surface area contributed by atoms with Crippen LogP contribution < -0.4 is 5.32 Å². The van der Waals surface area contributed by atoms with E-state index in [1.807, 2.05) is 6.92 Å². The molecule has 1 amide bonds. The molecule has 0 aliphatic heterocycles. The van der Waals surface area contributed by atoms with Gasteiger partial charge in [-0.05, 0) is 19.8 Å². The first kappa shape index (κ1) is 45.4. The molecule has 3 heteroatoms. The minimum absolute atomic E-state index is 0.116. The molecule has 0 saturated heterocycles. The SMILES string of the molecule is CCCCCCCCCCCCCCCCCCCCCCCCCC(=O)NC(C)C(O)CCCCCCCCCCCCCC. The molecule has 2 atom stereocenters. The van der Waals surface area contributed by atoms with Gasteiger partial charge in [-0.25, -0.2) is 0 Å². The predicted molar refractivity (Wildman–Crippen MR) is 206 cm³/mol. The number of rotatable bonds is 39. The number of carbonyl (C=O) groups excluding carboxylic acids is 1. The quantitative estimate of drug-likeness (QED) is 0.0651. The second-order valence-electron chi connectivity index (χ2n) is 15.1. The third-order valence-electron chi connectivity index (χ3n) is 10.3. The van der Waals surface area contributed by atoms with Gasteiger partial charge in [-0.2, -0.15) is 0 Å². The van der Waals surface area contributed by atoms with Gasteiger partial charge in [-0.15, -0.1) is 0 Å². The van der Waals surface area contributed by atoms with Crippen LogP contribution in [0.1, 0.15) is 258 Å². The Balaban J connectivity index is 3.33. The molecule has 0 aromatic carbocycles. The van der Waals surface area contributed by atoms with E-state index in [0.717, 1.165) is 25.7 Å². The summed E-state index contributed by atoms with van der Waals surface area (Å²) in [4.78, 5) is 12.3. The normalized spacial score (nSPS) is 12.9. The fraction of sp³-hybridized carbons (Fsp3) is 0.977. The first-order valence-electron chi connectivity index (χ1n) is 21.6. The maximum Gasteiger partial charge on any atom is 0.220 e. The molecule has 0 aromatic heterocycles. The lowest BCUT2D eigenvalue weighted by atomic mass is 10.0. The van der Waals surface area contributed by atoms with E-state index in [2.05, 4.69) is 19.2 Å². The molecule has 0 fully saturated rings. The Morgan fingerprint density at radius 3 is 0.935 bits per heavy atom. The van der Waals surface area contributed by atoms with Crippen LogP contribution in [-0.4, -0.2) is 23.2 Å². The highest BCUT2D eigenvalue weighted by molar-refractivity contribution is 5.76. The highest BCUT2D eigenvalue weighted by Crippen LogP contribution is 2.17. The summed E-state index contributed by atoms with van der Waals surface area (Å²) < 4.78 is 0. The Morgan fingerprint density at radius 1 is 0.413 bits per heavy atom. The number of aliphatic hydroxyl groups is 1. The first-order valence-corrected chi connectivity index (χ1v) is 21.6. The Hall–Kier alpha value is -0.570. The molecule has 3 nitrogen and oxygen atoms in total. The third-order valence-corrected chi connectivity index (χ3v) is 10.3. The van der Waals surface area contributed by atoms with Crippen molar-refractivity contribution in [1.29, 1.82) is 0 Å². The van der Waals surface area contributed by atoms with Crippen LogP contribution in [0.2, 0.25) is 0 Å². The summed E-state index contributed by atoms with van der Waals surface area (Å²) in [5.74, 6) is 0.116. The maximum atomic E-state index is 12.3. The number of hydrogen-bond acceptors (Lipinski definition) is 2. The van der Waals surface area contributed by atoms with Gasteiger partial charge in [0.15, 0.2) is 0 Å². The van der Waals surface area contributed by atoms with Gasteiger partial charge in [0.1, 0.15) is 0 Å². The van der Waals surface area contributed by atoms with Gasteiger partial charge in [0, 0.05) is 6.42 Å². The van der Waals surface area contributed by atoms with Crippen molar-refractivity contribution in [3.05, 3.63) is 0 Å². The fourth-order valence-corrected chi connectivity index (χ4v) is 6.94. The van der Waals surface area contributed by atoms with E-state index in [-0.39, 0.29) is 11.9 Å². The average Bonchev–Trinajstić information content (AvgIpc) is 3.05. The molecule has 0 radical (unpaired) electrons. The molecular formula is C43H87NO2. The van der Waals surface area contributed by atoms with Gasteiger partial charge >= 0.3 is 0 Å². The number of nitrogens with one attached hydrogen (secondary N) is 1. The van der Waals surface area contributed by atoms with Gasteiger partial charge in [0.05, 0.1) is 12.1 Å². The van der Waals surface area contributed by atoms with Crippen molar-refractivity contribution < 1.29 is 9.90 Å². The monoisotopic (exact) mass is 650 g/mol. The van der Waals surface area contributed by atoms with E-state index < -0.39 is 6.10 Å². The van der Waals surface area contributed by atoms with Crippen molar-refractivity contribution in [3.63, 3.8) is 0 Å². The zero-order valence-corrected chi connectivity index (χ0v) is 32.2. The molecule has 0 heterocycles. The lowest BCUT2D eigenvalue weighted by Gasteiger charge is -2.20. The minimum atomic E-state index is -0.415. The van der Waals surface area contributed by atoms with Crippen molar-refractivity contribution in [2.24, 2.45) is 0 Å². The number of hydrogen-bond donors (Lipinski definition) is 2. The molecule has 0 aliphatic carbocycles. The summed E-state index contributed by atoms with van der Waals surface area (Å²) in [5, 5.41) is 13.5. The van der Waals surface area contributed by atoms with Crippen LogP contribution in [0.3, 0.4) is 0 Å². The molecule has 2 unspecified atom stereocenters. The van der Waals surface area contributed by atoms with Crippen molar-refractivity contribution in [2.75, 3.05) is 0 Å². The van der Waals surface area contributed by atoms with Gasteiger partial charge in [-0.3, -0.25) is 4.79 Å². The summed E-state index contributed by atoms with van der Waals surface area (Å²) >= 11 is 0. The van der Waals surface area contributed by atoms with Crippen molar-refractivity contribution in [3.8, 4) is 0 Å². The summed E-state index contributed by atoms with van der Waals surface area (Å²) in [6, 6.07) is -0.134. The smallest absolute Gasteiger partial charge is 0.220 e. The van der Waals surface area contributed by atoms with Gasteiger partial charge in [-0.1, -0.05) is 232 Å². The van der Waals surface area contributed by atoms with Crippen molar-refractivity contribution in [1.82, 2.24) is 5.32 Å². The van der Waals surface area contributed by atoms with Crippen LogP contribution in [0.5, 0.6) is 0 Å². The largest absolute Gasteiger partial charge is 0.391 e. The Bertz CT molecular complexity index is 579. The standard InChI is InChI=1S/C43H87NO2/c1-4-6-8-10-12-14-16-18-19-20-21-22-23-24-25-26-27-28-30-32-34-36-38-40-43(46)44-41(3)42(45)39-37-35-33-31-29-17-15-13-11-9-7-5-2/h41-42,45H,4-40H2,1-3H3,(H,44,46). The van der Waals surface area contributed by atoms with Gasteiger partial charge in [0.2, 0.25) is 5.91 Å². The molecule has 0 rings (SSSR count). The predicted octanol–water partition coefficient (Wildman–Crippen LogP) is 14.3. The van der Waals surface area contributed by atoms with Crippen LogP contribution in [0.4, 0.5) is 0 Å². The van der Waals surface area contributed by atoms with Gasteiger partial charge < -0.3 is 10.4 Å². The molecule has 0 aliphatic rings. The molecule has 0 aromatic rings. The summed E-state index contributed by atoms with van der Waals surface area (Å²) in [5.41, 5.74) is 0. The number of aliphatic hydroxyl groups excluding tert-OH is 1. The zero-order valence-electron chi connectivity index (χ0n) is 32.2. The van der Waals surface area contributed by atoms with Crippen LogP contribution in [0.15, 0.2) is 0 Å². The molecule has 46 heavy (non-hydrogen) atoms. The number of amides is 1. The highest BCUT2D eigenvalue weighted by atomic mass is 16.3. The molecule has 276 valence electrons. The van der Waals surface area contributed by atoms with Crippen LogP contribution in [0, 0.1) is 0 Å². The summed E-state index contributed by atoms with van der Waals surface area (Å²) in [6.07, 6.45) is 49.0. The maximum absolute atomic E-state index is 12.3. The van der Waals surface area contributed by atoms with Crippen molar-refractivity contribution >= 4 is 5.91 Å². The molecule has 2 N–H and O–H groups in total. The van der Waals surface area contributed by atoms with Crippen LogP contribution in [0.25, 0.3) is 0 Å². The zero-order chi connectivity index (χ0) is 33.6. The number of unbranched alkanes of at least 4 members (excludes halogenated alkanes) is 33. The highest BCUT2D eigenvalue weighted by Gasteiger charge is 2.16. The van der Waals surface area contributed by atoms with Crippen LogP contribution in [-0.2, 0) is 4.79 Å². The minimum Gasteiger partial charge on any atom is -0.391 e. The van der Waals surface area contributed by atoms with Gasteiger partial charge in [0.25, 0.3) is 0 Å². The molecular weight excluding hydrogens is 562 g/mol. The molecule has 0 bridgehead atoms. The third kappa shape index (κ3) is 36.3. The second-order valence-corrected chi connectivity index (χ2v) is 15.1. The van der Waals surface area contributed by atoms with E-state index in [4.69, 9.17) is 0 Å². The lowest BCUT2D eigenvalue weighted by molar-refractivity contribution is -0.122. The first-order chi connectivity index (χ1) is 22.6. The Kier molecular flexibility index (Phi) is 38.4. The summed E-state index contributed by atoms with van der Waals surface area (Å²) in [6.45, 7) is 6.54.